The third-order valence-electron chi connectivity index (χ3n) is 9.54. The minimum Gasteiger partial charge on any atom is -0.412 e. The van der Waals surface area contributed by atoms with Crippen LogP contribution < -0.4 is 0 Å². The van der Waals surface area contributed by atoms with E-state index in [9.17, 15) is 4.79 Å². The van der Waals surface area contributed by atoms with Crippen LogP contribution in [0.2, 0.25) is 19.6 Å². The van der Waals surface area contributed by atoms with Gasteiger partial charge in [0.2, 0.25) is 0 Å². The van der Waals surface area contributed by atoms with Crippen LogP contribution in [0.3, 0.4) is 0 Å². The number of rotatable bonds is 2. The molecule has 0 aromatic heterocycles. The van der Waals surface area contributed by atoms with Gasteiger partial charge < -0.3 is 4.43 Å². The topological polar surface area (TPSA) is 26.3 Å². The lowest BCUT2D eigenvalue weighted by Crippen LogP contribution is -2.57. The van der Waals surface area contributed by atoms with Gasteiger partial charge in [-0.3, -0.25) is 4.79 Å². The molecule has 148 valence electrons. The number of fused-ring (bicyclic) bond motifs is 5. The molecule has 4 aliphatic rings. The summed E-state index contributed by atoms with van der Waals surface area (Å²) in [6, 6.07) is 0. The Kier molecular flexibility index (Phi) is 4.37. The lowest BCUT2D eigenvalue weighted by Gasteiger charge is -2.61. The second-order valence-electron chi connectivity index (χ2n) is 11.8. The van der Waals surface area contributed by atoms with E-state index in [0.29, 0.717) is 22.5 Å². The van der Waals surface area contributed by atoms with Crippen molar-refractivity contribution in [3.8, 4) is 0 Å². The Bertz CT molecular complexity index is 596. The third kappa shape index (κ3) is 2.70. The molecule has 0 saturated heterocycles. The maximum atomic E-state index is 12.1. The van der Waals surface area contributed by atoms with Crippen molar-refractivity contribution in [2.75, 3.05) is 0 Å². The molecular formula is C23H40O2Si. The Labute approximate surface area is 162 Å². The number of Topliss-reactive ketones (excluding diaryl/α,β-unsaturated/α-hetero) is 1. The molecule has 26 heavy (non-hydrogen) atoms. The molecule has 4 saturated carbocycles. The average Bonchev–Trinajstić information content (AvgIpc) is 2.77. The summed E-state index contributed by atoms with van der Waals surface area (Å²) in [6.07, 6.45) is 10.8. The van der Waals surface area contributed by atoms with Crippen LogP contribution in [0.5, 0.6) is 0 Å². The molecule has 0 radical (unpaired) electrons. The molecule has 0 N–H and O–H groups in total. The first-order chi connectivity index (χ1) is 12.0. The molecule has 4 fully saturated rings. The van der Waals surface area contributed by atoms with Gasteiger partial charge in [0.1, 0.15) is 5.78 Å². The standard InChI is InChI=1S/C23H40O2Si/c1-21-12-9-17(24)15-16(21)7-8-18-19(21)10-13-22(2)20(18)11-14-23(22,3)25-26(4,5)6/h16,18-20H,7-15H2,1-6H3/t16-,18+,19-,20-,21-,22-,23-/m0/s1. The SMILES string of the molecule is C[C@]12CCC(=O)C[C@@H]1CC[C@@H]1[C@@H]2CC[C@@]2(C)[C@H]1CC[C@]2(C)O[Si](C)(C)C. The third-order valence-corrected chi connectivity index (χ3v) is 10.6. The summed E-state index contributed by atoms with van der Waals surface area (Å²) in [5, 5.41) is 0. The molecule has 0 unspecified atom stereocenters. The molecule has 0 aliphatic heterocycles. The van der Waals surface area contributed by atoms with Crippen LogP contribution in [0, 0.1) is 34.5 Å². The molecule has 0 aromatic carbocycles. The van der Waals surface area contributed by atoms with Crippen LogP contribution in [-0.2, 0) is 9.22 Å². The molecule has 0 bridgehead atoms. The minimum atomic E-state index is -1.55. The van der Waals surface area contributed by atoms with Crippen LogP contribution in [0.25, 0.3) is 0 Å². The quantitative estimate of drug-likeness (QED) is 0.536. The molecule has 4 rings (SSSR count). The minimum absolute atomic E-state index is 0.0768. The summed E-state index contributed by atoms with van der Waals surface area (Å²) in [5.41, 5.74) is 0.853. The van der Waals surface area contributed by atoms with E-state index in [1.807, 2.05) is 0 Å². The van der Waals surface area contributed by atoms with E-state index in [4.69, 9.17) is 4.43 Å². The molecule has 4 aliphatic carbocycles. The van der Waals surface area contributed by atoms with Crippen LogP contribution in [0.1, 0.15) is 78.6 Å². The Morgan fingerprint density at radius 2 is 1.62 bits per heavy atom. The molecule has 3 heteroatoms. The molecule has 0 spiro atoms. The highest BCUT2D eigenvalue weighted by Gasteiger charge is 2.64. The van der Waals surface area contributed by atoms with Gasteiger partial charge in [0, 0.05) is 12.8 Å². The zero-order chi connectivity index (χ0) is 19.0. The summed E-state index contributed by atoms with van der Waals surface area (Å²) in [7, 11) is -1.55. The van der Waals surface area contributed by atoms with Crippen LogP contribution in [-0.4, -0.2) is 19.7 Å². The normalized spacial score (nSPS) is 51.5. The predicted octanol–water partition coefficient (Wildman–Crippen LogP) is 6.21. The van der Waals surface area contributed by atoms with E-state index in [2.05, 4.69) is 40.4 Å². The second kappa shape index (κ2) is 5.92. The van der Waals surface area contributed by atoms with Gasteiger partial charge in [-0.25, -0.2) is 0 Å². The zero-order valence-corrected chi connectivity index (χ0v) is 19.0. The predicted molar refractivity (Wildman–Crippen MR) is 110 cm³/mol. The highest BCUT2D eigenvalue weighted by molar-refractivity contribution is 6.69. The maximum absolute atomic E-state index is 12.1. The second-order valence-corrected chi connectivity index (χ2v) is 16.3. The van der Waals surface area contributed by atoms with Crippen LogP contribution in [0.15, 0.2) is 0 Å². The van der Waals surface area contributed by atoms with Crippen molar-refractivity contribution in [2.24, 2.45) is 34.5 Å². The Morgan fingerprint density at radius 1 is 0.923 bits per heavy atom. The summed E-state index contributed by atoms with van der Waals surface area (Å²) in [6.45, 7) is 14.6. The van der Waals surface area contributed by atoms with E-state index in [0.717, 1.165) is 37.0 Å². The van der Waals surface area contributed by atoms with E-state index in [1.165, 1.54) is 38.5 Å². The lowest BCUT2D eigenvalue weighted by atomic mass is 9.44. The molecule has 7 atom stereocenters. The van der Waals surface area contributed by atoms with Crippen molar-refractivity contribution in [2.45, 2.75) is 104 Å². The number of hydrogen-bond acceptors (Lipinski definition) is 2. The van der Waals surface area contributed by atoms with Gasteiger partial charge in [0.25, 0.3) is 0 Å². The van der Waals surface area contributed by atoms with Crippen molar-refractivity contribution in [1.82, 2.24) is 0 Å². The summed E-state index contributed by atoms with van der Waals surface area (Å²) in [4.78, 5) is 12.1. The van der Waals surface area contributed by atoms with Gasteiger partial charge >= 0.3 is 0 Å². The number of hydrogen-bond donors (Lipinski definition) is 0. The van der Waals surface area contributed by atoms with Crippen LogP contribution in [0.4, 0.5) is 0 Å². The fraction of sp³-hybridized carbons (Fsp3) is 0.957. The first-order valence-electron chi connectivity index (χ1n) is 11.2. The first-order valence-corrected chi connectivity index (χ1v) is 14.6. The lowest BCUT2D eigenvalue weighted by molar-refractivity contribution is -0.149. The molecule has 2 nitrogen and oxygen atoms in total. The van der Waals surface area contributed by atoms with Crippen molar-refractivity contribution in [1.29, 1.82) is 0 Å². The fourth-order valence-corrected chi connectivity index (χ4v) is 9.80. The van der Waals surface area contributed by atoms with E-state index >= 15 is 0 Å². The summed E-state index contributed by atoms with van der Waals surface area (Å²) in [5.74, 6) is 3.75. The zero-order valence-electron chi connectivity index (χ0n) is 18.0. The van der Waals surface area contributed by atoms with E-state index in [1.54, 1.807) is 0 Å². The average molecular weight is 377 g/mol. The monoisotopic (exact) mass is 376 g/mol. The highest BCUT2D eigenvalue weighted by Crippen LogP contribution is 2.68. The van der Waals surface area contributed by atoms with Crippen molar-refractivity contribution >= 4 is 14.1 Å². The fourth-order valence-electron chi connectivity index (χ4n) is 8.11. The number of ketones is 1. The van der Waals surface area contributed by atoms with Crippen molar-refractivity contribution in [3.05, 3.63) is 0 Å². The van der Waals surface area contributed by atoms with Gasteiger partial charge in [-0.1, -0.05) is 13.8 Å². The smallest absolute Gasteiger partial charge is 0.184 e. The van der Waals surface area contributed by atoms with E-state index in [-0.39, 0.29) is 5.60 Å². The van der Waals surface area contributed by atoms with Gasteiger partial charge in [-0.2, -0.15) is 0 Å². The Hall–Kier alpha value is -0.153. The molecule has 0 amide bonds. The van der Waals surface area contributed by atoms with Gasteiger partial charge in [-0.05, 0) is 106 Å². The van der Waals surface area contributed by atoms with Crippen LogP contribution >= 0.6 is 0 Å². The summed E-state index contributed by atoms with van der Waals surface area (Å²) >= 11 is 0. The number of carbonyl (C=O) groups is 1. The largest absolute Gasteiger partial charge is 0.412 e. The van der Waals surface area contributed by atoms with Gasteiger partial charge in [0.15, 0.2) is 8.32 Å². The van der Waals surface area contributed by atoms with Gasteiger partial charge in [0.05, 0.1) is 5.60 Å². The van der Waals surface area contributed by atoms with Gasteiger partial charge in [-0.15, -0.1) is 0 Å². The number of carbonyl (C=O) groups excluding carboxylic acids is 1. The molecule has 0 heterocycles. The first kappa shape index (κ1) is 19.2. The molecule has 0 aromatic rings. The van der Waals surface area contributed by atoms with Crippen molar-refractivity contribution < 1.29 is 9.22 Å². The Balaban J connectivity index is 1.61. The molecular weight excluding hydrogens is 336 g/mol. The Morgan fingerprint density at radius 3 is 2.31 bits per heavy atom. The highest BCUT2D eigenvalue weighted by atomic mass is 28.4. The van der Waals surface area contributed by atoms with E-state index < -0.39 is 8.32 Å². The maximum Gasteiger partial charge on any atom is 0.184 e. The summed E-state index contributed by atoms with van der Waals surface area (Å²) < 4.78 is 6.88. The van der Waals surface area contributed by atoms with Crippen molar-refractivity contribution in [3.63, 3.8) is 0 Å².